The van der Waals surface area contributed by atoms with Gasteiger partial charge in [0.15, 0.2) is 0 Å². The van der Waals surface area contributed by atoms with E-state index in [1.165, 1.54) is 0 Å². The van der Waals surface area contributed by atoms with Crippen molar-refractivity contribution in [3.8, 4) is 0 Å². The number of nitrogens with one attached hydrogen (secondary N) is 2. The summed E-state index contributed by atoms with van der Waals surface area (Å²) in [5, 5.41) is 20.6. The number of carbonyl (C=O) groups is 2. The van der Waals surface area contributed by atoms with Crippen LogP contribution < -0.4 is 5.32 Å². The van der Waals surface area contributed by atoms with Gasteiger partial charge in [0.05, 0.1) is 12.1 Å². The van der Waals surface area contributed by atoms with Crippen LogP contribution in [0.1, 0.15) is 18.5 Å². The van der Waals surface area contributed by atoms with Crippen LogP contribution in [0.3, 0.4) is 0 Å². The molecule has 1 aromatic heterocycles. The summed E-state index contributed by atoms with van der Waals surface area (Å²) in [5.41, 5.74) is 0.711. The van der Waals surface area contributed by atoms with Gasteiger partial charge < -0.3 is 10.4 Å². The maximum Gasteiger partial charge on any atom is 0.305 e. The number of aryl methyl sites for hydroxylation is 1. The molecule has 0 saturated heterocycles. The van der Waals surface area contributed by atoms with E-state index in [-0.39, 0.29) is 25.3 Å². The molecule has 0 aliphatic carbocycles. The molecular formula is C8H12N4O3. The highest BCUT2D eigenvalue weighted by Crippen LogP contribution is 1.94. The Morgan fingerprint density at radius 1 is 1.47 bits per heavy atom. The van der Waals surface area contributed by atoms with Crippen LogP contribution in [-0.4, -0.2) is 38.9 Å². The SMILES string of the molecule is O=C(O)CCNC(=O)CCc1c[nH]nn1. The third-order valence-corrected chi connectivity index (χ3v) is 1.74. The maximum atomic E-state index is 11.2. The van der Waals surface area contributed by atoms with E-state index < -0.39 is 5.97 Å². The fourth-order valence-electron chi connectivity index (χ4n) is 0.986. The number of hydrogen-bond acceptors (Lipinski definition) is 4. The lowest BCUT2D eigenvalue weighted by Gasteiger charge is -2.01. The summed E-state index contributed by atoms with van der Waals surface area (Å²) in [6.07, 6.45) is 2.34. The molecular weight excluding hydrogens is 200 g/mol. The number of aromatic nitrogens is 3. The topological polar surface area (TPSA) is 108 Å². The first kappa shape index (κ1) is 11.2. The van der Waals surface area contributed by atoms with Crippen LogP contribution >= 0.6 is 0 Å². The van der Waals surface area contributed by atoms with Crippen LogP contribution in [0.5, 0.6) is 0 Å². The Kier molecular flexibility index (Phi) is 4.27. The second-order valence-electron chi connectivity index (χ2n) is 2.96. The van der Waals surface area contributed by atoms with Gasteiger partial charge in [0.25, 0.3) is 0 Å². The van der Waals surface area contributed by atoms with Crippen LogP contribution in [0.2, 0.25) is 0 Å². The number of nitrogens with zero attached hydrogens (tertiary/aromatic N) is 2. The van der Waals surface area contributed by atoms with Crippen molar-refractivity contribution < 1.29 is 14.7 Å². The van der Waals surface area contributed by atoms with Crippen molar-refractivity contribution in [1.82, 2.24) is 20.7 Å². The van der Waals surface area contributed by atoms with Crippen LogP contribution in [0.25, 0.3) is 0 Å². The molecule has 0 aromatic carbocycles. The van der Waals surface area contributed by atoms with Gasteiger partial charge in [-0.3, -0.25) is 14.7 Å². The highest BCUT2D eigenvalue weighted by atomic mass is 16.4. The first-order valence-electron chi connectivity index (χ1n) is 4.52. The summed E-state index contributed by atoms with van der Waals surface area (Å²) in [4.78, 5) is 21.3. The van der Waals surface area contributed by atoms with Gasteiger partial charge in [-0.05, 0) is 0 Å². The number of aromatic amines is 1. The molecule has 0 bridgehead atoms. The van der Waals surface area contributed by atoms with Crippen molar-refractivity contribution in [3.63, 3.8) is 0 Å². The molecule has 7 nitrogen and oxygen atoms in total. The molecule has 1 rings (SSSR count). The second kappa shape index (κ2) is 5.74. The summed E-state index contributed by atoms with van der Waals surface area (Å²) in [5.74, 6) is -1.11. The van der Waals surface area contributed by atoms with Crippen molar-refractivity contribution >= 4 is 11.9 Å². The average molecular weight is 212 g/mol. The summed E-state index contributed by atoms with van der Waals surface area (Å²) in [6.45, 7) is 0.160. The second-order valence-corrected chi connectivity index (χ2v) is 2.96. The van der Waals surface area contributed by atoms with E-state index in [4.69, 9.17) is 5.11 Å². The predicted octanol–water partition coefficient (Wildman–Crippen LogP) is -0.672. The smallest absolute Gasteiger partial charge is 0.305 e. The molecule has 0 spiro atoms. The van der Waals surface area contributed by atoms with Crippen LogP contribution in [0.4, 0.5) is 0 Å². The summed E-state index contributed by atoms with van der Waals surface area (Å²) in [7, 11) is 0. The van der Waals surface area contributed by atoms with Gasteiger partial charge in [0, 0.05) is 25.6 Å². The van der Waals surface area contributed by atoms with Gasteiger partial charge in [0.1, 0.15) is 0 Å². The number of amides is 1. The van der Waals surface area contributed by atoms with Gasteiger partial charge in [-0.15, -0.1) is 5.10 Å². The maximum absolute atomic E-state index is 11.2. The zero-order valence-corrected chi connectivity index (χ0v) is 8.06. The lowest BCUT2D eigenvalue weighted by atomic mass is 10.2. The first-order chi connectivity index (χ1) is 7.18. The molecule has 1 heterocycles. The van der Waals surface area contributed by atoms with Crippen LogP contribution in [0, 0.1) is 0 Å². The predicted molar refractivity (Wildman–Crippen MR) is 50.0 cm³/mol. The third kappa shape index (κ3) is 4.75. The fourth-order valence-corrected chi connectivity index (χ4v) is 0.986. The van der Waals surface area contributed by atoms with E-state index in [0.29, 0.717) is 12.1 Å². The molecule has 0 atom stereocenters. The molecule has 3 N–H and O–H groups in total. The minimum atomic E-state index is -0.924. The van der Waals surface area contributed by atoms with Crippen molar-refractivity contribution in [2.45, 2.75) is 19.3 Å². The third-order valence-electron chi connectivity index (χ3n) is 1.74. The number of H-pyrrole nitrogens is 1. The standard InChI is InChI=1S/C8H12N4O3/c13-7(9-4-3-8(14)15)2-1-6-5-10-12-11-6/h5H,1-4H2,(H,9,13)(H,14,15)(H,10,11,12). The molecule has 0 aliphatic heterocycles. The zero-order valence-electron chi connectivity index (χ0n) is 8.06. The van der Waals surface area contributed by atoms with E-state index in [0.717, 1.165) is 0 Å². The molecule has 0 aliphatic rings. The number of carbonyl (C=O) groups excluding carboxylic acids is 1. The molecule has 0 radical (unpaired) electrons. The number of carboxylic acid groups (broad SMARTS) is 1. The van der Waals surface area contributed by atoms with E-state index in [2.05, 4.69) is 20.7 Å². The Hall–Kier alpha value is -1.92. The zero-order chi connectivity index (χ0) is 11.1. The van der Waals surface area contributed by atoms with Gasteiger partial charge in [0.2, 0.25) is 5.91 Å². The van der Waals surface area contributed by atoms with Crippen molar-refractivity contribution in [2.75, 3.05) is 6.54 Å². The van der Waals surface area contributed by atoms with Gasteiger partial charge in [-0.25, -0.2) is 0 Å². The van der Waals surface area contributed by atoms with E-state index >= 15 is 0 Å². The summed E-state index contributed by atoms with van der Waals surface area (Å²) in [6, 6.07) is 0. The van der Waals surface area contributed by atoms with Crippen LogP contribution in [-0.2, 0) is 16.0 Å². The average Bonchev–Trinajstić information content (AvgIpc) is 2.66. The van der Waals surface area contributed by atoms with Crippen molar-refractivity contribution in [3.05, 3.63) is 11.9 Å². The molecule has 1 amide bonds. The van der Waals surface area contributed by atoms with Gasteiger partial charge in [-0.1, -0.05) is 5.21 Å². The number of rotatable bonds is 6. The lowest BCUT2D eigenvalue weighted by Crippen LogP contribution is -2.26. The van der Waals surface area contributed by atoms with Crippen molar-refractivity contribution in [2.24, 2.45) is 0 Å². The molecule has 82 valence electrons. The van der Waals surface area contributed by atoms with Crippen LogP contribution in [0.15, 0.2) is 6.20 Å². The largest absolute Gasteiger partial charge is 0.481 e. The van der Waals surface area contributed by atoms with E-state index in [1.807, 2.05) is 0 Å². The Morgan fingerprint density at radius 2 is 2.27 bits per heavy atom. The Labute approximate surface area is 85.9 Å². The molecule has 1 aromatic rings. The Bertz CT molecular complexity index is 323. The lowest BCUT2D eigenvalue weighted by molar-refractivity contribution is -0.136. The molecule has 0 unspecified atom stereocenters. The van der Waals surface area contributed by atoms with Gasteiger partial charge in [-0.2, -0.15) is 0 Å². The molecule has 7 heteroatoms. The minimum absolute atomic E-state index is 0.0598. The molecule has 15 heavy (non-hydrogen) atoms. The highest BCUT2D eigenvalue weighted by Gasteiger charge is 2.04. The van der Waals surface area contributed by atoms with E-state index in [1.54, 1.807) is 6.20 Å². The Balaban J connectivity index is 2.11. The minimum Gasteiger partial charge on any atom is -0.481 e. The normalized spacial score (nSPS) is 9.87. The van der Waals surface area contributed by atoms with Gasteiger partial charge >= 0.3 is 5.97 Å². The summed E-state index contributed by atoms with van der Waals surface area (Å²) >= 11 is 0. The number of aliphatic carboxylic acids is 1. The monoisotopic (exact) mass is 212 g/mol. The van der Waals surface area contributed by atoms with Crippen molar-refractivity contribution in [1.29, 1.82) is 0 Å². The summed E-state index contributed by atoms with van der Waals surface area (Å²) < 4.78 is 0. The first-order valence-corrected chi connectivity index (χ1v) is 4.52. The van der Waals surface area contributed by atoms with E-state index in [9.17, 15) is 9.59 Å². The quantitative estimate of drug-likeness (QED) is 0.579. The number of hydrogen-bond donors (Lipinski definition) is 3. The molecule has 0 saturated carbocycles. The fraction of sp³-hybridized carbons (Fsp3) is 0.500. The number of carboxylic acids is 1. The highest BCUT2D eigenvalue weighted by molar-refractivity contribution is 5.76. The Morgan fingerprint density at radius 3 is 2.87 bits per heavy atom. The molecule has 0 fully saturated rings.